The molecule has 0 N–H and O–H groups in total. The number of hydrogen-bond acceptors (Lipinski definition) is 4. The minimum absolute atomic E-state index is 0.0411. The van der Waals surface area contributed by atoms with Gasteiger partial charge in [-0.05, 0) is 49.2 Å². The molecule has 4 aromatic rings. The third kappa shape index (κ3) is 2.88. The molecule has 0 bridgehead atoms. The molecule has 2 aromatic heterocycles. The Kier molecular flexibility index (Phi) is 4.12. The third-order valence-electron chi connectivity index (χ3n) is 5.68. The van der Waals surface area contributed by atoms with Crippen molar-refractivity contribution < 1.29 is 4.79 Å². The van der Waals surface area contributed by atoms with Crippen LogP contribution >= 0.6 is 0 Å². The second kappa shape index (κ2) is 6.81. The van der Waals surface area contributed by atoms with Crippen LogP contribution in [0.4, 0.5) is 0 Å². The highest BCUT2D eigenvalue weighted by Crippen LogP contribution is 2.32. The predicted octanol–water partition coefficient (Wildman–Crippen LogP) is 3.46. The SMILES string of the molecule is Cn1c(C2CCCN2C(=O)c2ccc3ncccc3c2)nc2ccccc2c1=O. The van der Waals surface area contributed by atoms with Crippen molar-refractivity contribution >= 4 is 27.7 Å². The van der Waals surface area contributed by atoms with E-state index in [4.69, 9.17) is 4.98 Å². The lowest BCUT2D eigenvalue weighted by Crippen LogP contribution is -2.34. The Hall–Kier alpha value is -3.54. The monoisotopic (exact) mass is 384 g/mol. The van der Waals surface area contributed by atoms with Gasteiger partial charge in [-0.25, -0.2) is 4.98 Å². The molecule has 1 atom stereocenters. The number of carbonyl (C=O) groups is 1. The van der Waals surface area contributed by atoms with Gasteiger partial charge in [-0.2, -0.15) is 0 Å². The van der Waals surface area contributed by atoms with E-state index in [1.54, 1.807) is 23.9 Å². The fourth-order valence-corrected chi connectivity index (χ4v) is 4.19. The van der Waals surface area contributed by atoms with Gasteiger partial charge in [0, 0.05) is 30.7 Å². The van der Waals surface area contributed by atoms with E-state index in [0.29, 0.717) is 28.8 Å². The zero-order chi connectivity index (χ0) is 20.0. The first kappa shape index (κ1) is 17.6. The molecular formula is C23H20N4O2. The minimum atomic E-state index is -0.214. The molecule has 1 fully saturated rings. The highest BCUT2D eigenvalue weighted by molar-refractivity contribution is 5.98. The van der Waals surface area contributed by atoms with Crippen LogP contribution < -0.4 is 5.56 Å². The van der Waals surface area contributed by atoms with Crippen LogP contribution in [-0.2, 0) is 7.05 Å². The van der Waals surface area contributed by atoms with E-state index in [0.717, 1.165) is 23.7 Å². The van der Waals surface area contributed by atoms with Gasteiger partial charge >= 0.3 is 0 Å². The van der Waals surface area contributed by atoms with Crippen LogP contribution in [0.2, 0.25) is 0 Å². The Bertz CT molecular complexity index is 1310. The molecule has 29 heavy (non-hydrogen) atoms. The number of rotatable bonds is 2. The lowest BCUT2D eigenvalue weighted by atomic mass is 10.1. The highest BCUT2D eigenvalue weighted by Gasteiger charge is 2.33. The third-order valence-corrected chi connectivity index (χ3v) is 5.68. The van der Waals surface area contributed by atoms with Gasteiger partial charge in [0.1, 0.15) is 5.82 Å². The molecule has 0 spiro atoms. The van der Waals surface area contributed by atoms with E-state index in [-0.39, 0.29) is 17.5 Å². The number of para-hydroxylation sites is 1. The summed E-state index contributed by atoms with van der Waals surface area (Å²) in [6.45, 7) is 0.650. The van der Waals surface area contributed by atoms with E-state index < -0.39 is 0 Å². The number of amides is 1. The maximum atomic E-state index is 13.3. The Morgan fingerprint density at radius 1 is 1.07 bits per heavy atom. The Morgan fingerprint density at radius 2 is 1.93 bits per heavy atom. The topological polar surface area (TPSA) is 68.1 Å². The number of fused-ring (bicyclic) bond motifs is 2. The predicted molar refractivity (Wildman–Crippen MR) is 112 cm³/mol. The van der Waals surface area contributed by atoms with E-state index in [2.05, 4.69) is 4.98 Å². The summed E-state index contributed by atoms with van der Waals surface area (Å²) in [6.07, 6.45) is 3.42. The molecule has 5 rings (SSSR count). The summed E-state index contributed by atoms with van der Waals surface area (Å²) >= 11 is 0. The van der Waals surface area contributed by atoms with Crippen LogP contribution in [0.15, 0.2) is 65.6 Å². The fraction of sp³-hybridized carbons (Fsp3) is 0.217. The van der Waals surface area contributed by atoms with Crippen molar-refractivity contribution in [3.05, 3.63) is 82.5 Å². The van der Waals surface area contributed by atoms with Crippen LogP contribution in [0.5, 0.6) is 0 Å². The van der Waals surface area contributed by atoms with Gasteiger partial charge in [-0.15, -0.1) is 0 Å². The lowest BCUT2D eigenvalue weighted by molar-refractivity contribution is 0.0727. The largest absolute Gasteiger partial charge is 0.328 e. The fourth-order valence-electron chi connectivity index (χ4n) is 4.19. The van der Waals surface area contributed by atoms with Crippen LogP contribution in [0.3, 0.4) is 0 Å². The molecule has 0 radical (unpaired) electrons. The normalized spacial score (nSPS) is 16.6. The quantitative estimate of drug-likeness (QED) is 0.531. The first-order valence-corrected chi connectivity index (χ1v) is 9.75. The molecule has 1 amide bonds. The Morgan fingerprint density at radius 3 is 2.83 bits per heavy atom. The molecule has 0 aliphatic carbocycles. The second-order valence-electron chi connectivity index (χ2n) is 7.42. The zero-order valence-corrected chi connectivity index (χ0v) is 16.1. The van der Waals surface area contributed by atoms with Crippen molar-refractivity contribution in [3.63, 3.8) is 0 Å². The van der Waals surface area contributed by atoms with Crippen molar-refractivity contribution in [2.24, 2.45) is 7.05 Å². The van der Waals surface area contributed by atoms with Crippen LogP contribution in [0.1, 0.15) is 35.1 Å². The van der Waals surface area contributed by atoms with E-state index in [9.17, 15) is 9.59 Å². The average Bonchev–Trinajstić information content (AvgIpc) is 3.25. The molecule has 1 aliphatic rings. The lowest BCUT2D eigenvalue weighted by Gasteiger charge is -2.26. The average molecular weight is 384 g/mol. The maximum absolute atomic E-state index is 13.3. The molecule has 1 aliphatic heterocycles. The number of carbonyl (C=O) groups excluding carboxylic acids is 1. The number of nitrogens with zero attached hydrogens (tertiary/aromatic N) is 4. The van der Waals surface area contributed by atoms with Gasteiger partial charge in [0.2, 0.25) is 0 Å². The summed E-state index contributed by atoms with van der Waals surface area (Å²) in [5.74, 6) is 0.600. The molecule has 6 heteroatoms. The minimum Gasteiger partial charge on any atom is -0.328 e. The zero-order valence-electron chi connectivity index (χ0n) is 16.1. The first-order valence-electron chi connectivity index (χ1n) is 9.75. The molecule has 3 heterocycles. The first-order chi connectivity index (χ1) is 14.1. The van der Waals surface area contributed by atoms with Crippen molar-refractivity contribution in [3.8, 4) is 0 Å². The van der Waals surface area contributed by atoms with E-state index in [1.165, 1.54) is 0 Å². The molecule has 1 unspecified atom stereocenters. The standard InChI is InChI=1S/C23H20N4O2/c1-26-21(25-19-8-3-2-7-17(19)23(26)29)20-9-5-13-27(20)22(28)16-10-11-18-15(14-16)6-4-12-24-18/h2-4,6-8,10-12,14,20H,5,9,13H2,1H3. The summed E-state index contributed by atoms with van der Waals surface area (Å²) in [6, 6.07) is 16.5. The molecule has 2 aromatic carbocycles. The Balaban J connectivity index is 1.56. The second-order valence-corrected chi connectivity index (χ2v) is 7.42. The van der Waals surface area contributed by atoms with Crippen LogP contribution in [0.25, 0.3) is 21.8 Å². The van der Waals surface area contributed by atoms with Crippen LogP contribution in [-0.4, -0.2) is 31.9 Å². The summed E-state index contributed by atoms with van der Waals surface area (Å²) in [5.41, 5.74) is 2.08. The molecule has 144 valence electrons. The van der Waals surface area contributed by atoms with Crippen molar-refractivity contribution in [2.45, 2.75) is 18.9 Å². The van der Waals surface area contributed by atoms with Crippen molar-refractivity contribution in [1.29, 1.82) is 0 Å². The molecule has 1 saturated heterocycles. The highest BCUT2D eigenvalue weighted by atomic mass is 16.2. The van der Waals surface area contributed by atoms with Gasteiger partial charge in [0.05, 0.1) is 22.5 Å². The van der Waals surface area contributed by atoms with E-state index in [1.807, 2.05) is 53.4 Å². The summed E-state index contributed by atoms with van der Waals surface area (Å²) < 4.78 is 1.59. The maximum Gasteiger partial charge on any atom is 0.261 e. The van der Waals surface area contributed by atoms with Gasteiger partial charge < -0.3 is 4.90 Å². The molecule has 6 nitrogen and oxygen atoms in total. The van der Waals surface area contributed by atoms with E-state index >= 15 is 0 Å². The number of aromatic nitrogens is 3. The number of pyridine rings is 1. The van der Waals surface area contributed by atoms with Crippen LogP contribution in [0, 0.1) is 0 Å². The number of hydrogen-bond donors (Lipinski definition) is 0. The van der Waals surface area contributed by atoms with Gasteiger partial charge in [-0.3, -0.25) is 19.1 Å². The summed E-state index contributed by atoms with van der Waals surface area (Å²) in [7, 11) is 1.74. The summed E-state index contributed by atoms with van der Waals surface area (Å²) in [4.78, 5) is 37.0. The molecular weight excluding hydrogens is 364 g/mol. The molecule has 0 saturated carbocycles. The van der Waals surface area contributed by atoms with Crippen molar-refractivity contribution in [1.82, 2.24) is 19.4 Å². The van der Waals surface area contributed by atoms with Gasteiger partial charge in [0.25, 0.3) is 11.5 Å². The summed E-state index contributed by atoms with van der Waals surface area (Å²) in [5, 5.41) is 1.53. The number of likely N-dealkylation sites (tertiary alicyclic amines) is 1. The van der Waals surface area contributed by atoms with Gasteiger partial charge in [0.15, 0.2) is 0 Å². The number of benzene rings is 2. The smallest absolute Gasteiger partial charge is 0.261 e. The van der Waals surface area contributed by atoms with Gasteiger partial charge in [-0.1, -0.05) is 18.2 Å². The Labute approximate surface area is 167 Å². The van der Waals surface area contributed by atoms with Crippen molar-refractivity contribution in [2.75, 3.05) is 6.54 Å².